The highest BCUT2D eigenvalue weighted by molar-refractivity contribution is 5.92. The number of carbonyl (C=O) groups excluding carboxylic acids is 1. The van der Waals surface area contributed by atoms with Crippen molar-refractivity contribution in [3.05, 3.63) is 58.5 Å². The first kappa shape index (κ1) is 31.7. The highest BCUT2D eigenvalue weighted by Gasteiger charge is 2.40. The van der Waals surface area contributed by atoms with Crippen LogP contribution in [0.1, 0.15) is 47.3 Å². The molecule has 0 fully saturated rings. The van der Waals surface area contributed by atoms with Crippen LogP contribution in [-0.2, 0) is 25.7 Å². The SMILES string of the molecule is Cc1cccc(C)c1CNc1cc(NC(=O)CCO)cn2c(C)c(C)nc12.O=C(O)CC(O)(CC(=O)O)C(=O)O. The van der Waals surface area contributed by atoms with E-state index in [1.165, 1.54) is 16.7 Å². The average Bonchev–Trinajstić information content (AvgIpc) is 3.12. The second-order valence-electron chi connectivity index (χ2n) is 9.34. The Hall–Kier alpha value is -4.49. The lowest BCUT2D eigenvalue weighted by Crippen LogP contribution is -2.42. The molecular weight excluding hydrogens is 524 g/mol. The first-order chi connectivity index (χ1) is 18.7. The van der Waals surface area contributed by atoms with Crippen LogP contribution in [0.4, 0.5) is 11.4 Å². The zero-order chi connectivity index (χ0) is 30.2. The Kier molecular flexibility index (Phi) is 10.7. The quantitative estimate of drug-likeness (QED) is 0.181. The minimum absolute atomic E-state index is 0.0745. The zero-order valence-corrected chi connectivity index (χ0v) is 22.7. The number of aryl methyl sites for hydroxylation is 4. The molecule has 1 aromatic carbocycles. The van der Waals surface area contributed by atoms with Crippen LogP contribution < -0.4 is 10.6 Å². The fraction of sp³-hybridized carbons (Fsp3) is 0.370. The van der Waals surface area contributed by atoms with Crippen molar-refractivity contribution in [2.24, 2.45) is 0 Å². The molecule has 13 heteroatoms. The molecular formula is C27H34N4O9. The number of rotatable bonds is 11. The minimum Gasteiger partial charge on any atom is -0.481 e. The third kappa shape index (κ3) is 8.25. The van der Waals surface area contributed by atoms with Gasteiger partial charge in [0.15, 0.2) is 11.2 Å². The number of imidazole rings is 1. The summed E-state index contributed by atoms with van der Waals surface area (Å²) in [5.41, 5.74) is 5.32. The van der Waals surface area contributed by atoms with Crippen LogP contribution >= 0.6 is 0 Å². The molecule has 3 rings (SSSR count). The average molecular weight is 559 g/mol. The number of aliphatic carboxylic acids is 3. The Balaban J connectivity index is 0.000000366. The second kappa shape index (κ2) is 13.5. The molecule has 13 nitrogen and oxygen atoms in total. The molecule has 0 saturated heterocycles. The number of fused-ring (bicyclic) bond motifs is 1. The fourth-order valence-electron chi connectivity index (χ4n) is 3.92. The molecule has 7 N–H and O–H groups in total. The lowest BCUT2D eigenvalue weighted by Gasteiger charge is -2.18. The number of aliphatic hydroxyl groups is 2. The summed E-state index contributed by atoms with van der Waals surface area (Å²) in [6.45, 7) is 8.69. The van der Waals surface area contributed by atoms with Crippen molar-refractivity contribution in [3.63, 3.8) is 0 Å². The summed E-state index contributed by atoms with van der Waals surface area (Å²) in [6, 6.07) is 8.17. The number of carbonyl (C=O) groups is 4. The van der Waals surface area contributed by atoms with E-state index < -0.39 is 36.4 Å². The molecule has 0 aliphatic rings. The van der Waals surface area contributed by atoms with Gasteiger partial charge >= 0.3 is 17.9 Å². The topological polar surface area (TPSA) is 211 Å². The molecule has 0 aliphatic carbocycles. The minimum atomic E-state index is -2.74. The van der Waals surface area contributed by atoms with Gasteiger partial charge in [0.05, 0.1) is 42.9 Å². The van der Waals surface area contributed by atoms with Crippen molar-refractivity contribution in [3.8, 4) is 0 Å². The maximum Gasteiger partial charge on any atom is 0.336 e. The maximum atomic E-state index is 11.9. The summed E-state index contributed by atoms with van der Waals surface area (Å²) in [4.78, 5) is 47.1. The fourth-order valence-corrected chi connectivity index (χ4v) is 3.92. The Morgan fingerprint density at radius 2 is 1.55 bits per heavy atom. The van der Waals surface area contributed by atoms with E-state index in [1.54, 1.807) is 0 Å². The molecule has 40 heavy (non-hydrogen) atoms. The Bertz CT molecular complexity index is 1380. The van der Waals surface area contributed by atoms with Crippen LogP contribution in [0, 0.1) is 27.7 Å². The standard InChI is InChI=1S/C21H26N4O2.C6H8O7/c1-13-6-5-7-14(2)18(13)11-22-19-10-17(24-20(27)8-9-26)12-25-16(4)15(3)23-21(19)25;7-3(8)1-6(13,5(11)12)2-4(9)10/h5-7,10,12,22,26H,8-9,11H2,1-4H3,(H,24,27);13H,1-2H2,(H,7,8)(H,9,10)(H,11,12). The zero-order valence-electron chi connectivity index (χ0n) is 22.7. The Morgan fingerprint density at radius 3 is 2.05 bits per heavy atom. The largest absolute Gasteiger partial charge is 0.481 e. The van der Waals surface area contributed by atoms with Crippen molar-refractivity contribution in [2.75, 3.05) is 17.2 Å². The number of anilines is 2. The number of benzene rings is 1. The van der Waals surface area contributed by atoms with Gasteiger partial charge in [-0.15, -0.1) is 0 Å². The van der Waals surface area contributed by atoms with Gasteiger partial charge < -0.3 is 40.6 Å². The summed E-state index contributed by atoms with van der Waals surface area (Å²) in [6.07, 6.45) is -0.349. The van der Waals surface area contributed by atoms with E-state index in [9.17, 15) is 19.2 Å². The summed E-state index contributed by atoms with van der Waals surface area (Å²) in [5.74, 6) is -5.23. The number of aromatic nitrogens is 2. The molecule has 0 atom stereocenters. The van der Waals surface area contributed by atoms with Gasteiger partial charge in [0.1, 0.15) is 0 Å². The van der Waals surface area contributed by atoms with E-state index in [4.69, 9.17) is 25.5 Å². The van der Waals surface area contributed by atoms with Crippen molar-refractivity contribution in [1.29, 1.82) is 0 Å². The van der Waals surface area contributed by atoms with Crippen LogP contribution in [-0.4, -0.2) is 70.9 Å². The van der Waals surface area contributed by atoms with Crippen molar-refractivity contribution < 1.29 is 44.7 Å². The number of carboxylic acids is 3. The number of aliphatic hydroxyl groups excluding tert-OH is 1. The van der Waals surface area contributed by atoms with Gasteiger partial charge in [-0.3, -0.25) is 14.4 Å². The molecule has 3 aromatic rings. The molecule has 0 aliphatic heterocycles. The second-order valence-corrected chi connectivity index (χ2v) is 9.34. The van der Waals surface area contributed by atoms with E-state index in [1.807, 2.05) is 30.5 Å². The van der Waals surface area contributed by atoms with Gasteiger partial charge in [0.2, 0.25) is 5.91 Å². The number of carboxylic acid groups (broad SMARTS) is 3. The van der Waals surface area contributed by atoms with Crippen LogP contribution in [0.15, 0.2) is 30.5 Å². The smallest absolute Gasteiger partial charge is 0.336 e. The Labute approximate surface area is 230 Å². The molecule has 216 valence electrons. The normalized spacial score (nSPS) is 10.9. The molecule has 0 saturated carbocycles. The van der Waals surface area contributed by atoms with Gasteiger partial charge in [-0.2, -0.15) is 0 Å². The summed E-state index contributed by atoms with van der Waals surface area (Å²) >= 11 is 0. The van der Waals surface area contributed by atoms with Crippen molar-refractivity contribution in [2.45, 2.75) is 59.1 Å². The van der Waals surface area contributed by atoms with Gasteiger partial charge in [-0.1, -0.05) is 18.2 Å². The number of amides is 1. The van der Waals surface area contributed by atoms with Crippen molar-refractivity contribution in [1.82, 2.24) is 9.38 Å². The Morgan fingerprint density at radius 1 is 0.975 bits per heavy atom. The van der Waals surface area contributed by atoms with E-state index in [0.717, 1.165) is 22.7 Å². The van der Waals surface area contributed by atoms with E-state index in [0.29, 0.717) is 12.2 Å². The van der Waals surface area contributed by atoms with Gasteiger partial charge in [-0.05, 0) is 50.5 Å². The molecule has 0 radical (unpaired) electrons. The summed E-state index contributed by atoms with van der Waals surface area (Å²) < 4.78 is 1.98. The first-order valence-electron chi connectivity index (χ1n) is 12.3. The number of nitrogens with zero attached hydrogens (tertiary/aromatic N) is 2. The molecule has 2 aromatic heterocycles. The van der Waals surface area contributed by atoms with Gasteiger partial charge in [0, 0.05) is 18.4 Å². The molecule has 0 bridgehead atoms. The highest BCUT2D eigenvalue weighted by atomic mass is 16.4. The maximum absolute atomic E-state index is 11.9. The van der Waals surface area contributed by atoms with Crippen LogP contribution in [0.25, 0.3) is 5.65 Å². The number of hydrogen-bond donors (Lipinski definition) is 7. The molecule has 2 heterocycles. The lowest BCUT2D eigenvalue weighted by atomic mass is 9.96. The van der Waals surface area contributed by atoms with E-state index in [-0.39, 0.29) is 18.9 Å². The lowest BCUT2D eigenvalue weighted by molar-refractivity contribution is -0.170. The van der Waals surface area contributed by atoms with E-state index >= 15 is 0 Å². The molecule has 0 spiro atoms. The number of hydrogen-bond acceptors (Lipinski definition) is 8. The first-order valence-corrected chi connectivity index (χ1v) is 12.3. The van der Waals surface area contributed by atoms with Crippen LogP contribution in [0.5, 0.6) is 0 Å². The highest BCUT2D eigenvalue weighted by Crippen LogP contribution is 2.26. The third-order valence-corrected chi connectivity index (χ3v) is 6.20. The van der Waals surface area contributed by atoms with Gasteiger partial charge in [-0.25, -0.2) is 9.78 Å². The number of pyridine rings is 1. The summed E-state index contributed by atoms with van der Waals surface area (Å²) in [7, 11) is 0. The predicted octanol–water partition coefficient (Wildman–Crippen LogP) is 2.25. The van der Waals surface area contributed by atoms with Crippen LogP contribution in [0.3, 0.4) is 0 Å². The predicted molar refractivity (Wildman–Crippen MR) is 145 cm³/mol. The molecule has 1 amide bonds. The van der Waals surface area contributed by atoms with Crippen LogP contribution in [0.2, 0.25) is 0 Å². The summed E-state index contributed by atoms with van der Waals surface area (Å²) in [5, 5.41) is 49.1. The van der Waals surface area contributed by atoms with Gasteiger partial charge in [0.25, 0.3) is 0 Å². The van der Waals surface area contributed by atoms with Crippen molar-refractivity contribution >= 4 is 40.8 Å². The monoisotopic (exact) mass is 558 g/mol. The molecule has 0 unspecified atom stereocenters. The number of nitrogens with one attached hydrogen (secondary N) is 2. The van der Waals surface area contributed by atoms with E-state index in [2.05, 4.69) is 47.7 Å². The third-order valence-electron chi connectivity index (χ3n) is 6.20.